The molecule has 0 bridgehead atoms. The van der Waals surface area contributed by atoms with Crippen molar-refractivity contribution >= 4 is 39.5 Å². The van der Waals surface area contributed by atoms with Crippen molar-refractivity contribution in [1.82, 2.24) is 0 Å². The summed E-state index contributed by atoms with van der Waals surface area (Å²) >= 11 is 0. The zero-order valence-corrected chi connectivity index (χ0v) is 67.2. The summed E-state index contributed by atoms with van der Waals surface area (Å²) in [6, 6.07) is 0. The van der Waals surface area contributed by atoms with Gasteiger partial charge >= 0.3 is 39.5 Å². The maximum atomic E-state index is 13.1. The summed E-state index contributed by atoms with van der Waals surface area (Å²) in [5, 5.41) is 10.6. The van der Waals surface area contributed by atoms with Crippen molar-refractivity contribution in [3.8, 4) is 0 Å². The van der Waals surface area contributed by atoms with Crippen LogP contribution < -0.4 is 0 Å². The Bertz CT molecular complexity index is 2440. The minimum Gasteiger partial charge on any atom is -0.462 e. The first kappa shape index (κ1) is 99.5. The number of hydrogen-bond donors (Lipinski definition) is 3. The Labute approximate surface area is 632 Å². The summed E-state index contributed by atoms with van der Waals surface area (Å²) in [7, 11) is -9.97. The smallest absolute Gasteiger partial charge is 0.462 e. The lowest BCUT2D eigenvalue weighted by atomic mass is 10.0. The lowest BCUT2D eigenvalue weighted by Crippen LogP contribution is -2.30. The third-order valence-electron chi connectivity index (χ3n) is 16.9. The Balaban J connectivity index is 5.36. The van der Waals surface area contributed by atoms with Gasteiger partial charge in [-0.05, 0) is 135 Å². The Hall–Kier alpha value is -4.54. The molecule has 0 saturated heterocycles. The monoisotopic (exact) mass is 1500 g/mol. The third-order valence-corrected chi connectivity index (χ3v) is 18.8. The predicted octanol–water partition coefficient (Wildman–Crippen LogP) is 23.9. The van der Waals surface area contributed by atoms with Crippen LogP contribution in [0.3, 0.4) is 0 Å². The first-order chi connectivity index (χ1) is 50.7. The number of allylic oxidation sites excluding steroid dienone is 20. The second-order valence-corrected chi connectivity index (χ2v) is 29.9. The average molecular weight is 1500 g/mol. The van der Waals surface area contributed by atoms with Gasteiger partial charge in [0.1, 0.15) is 19.3 Å². The lowest BCUT2D eigenvalue weighted by Gasteiger charge is -2.21. The van der Waals surface area contributed by atoms with Crippen LogP contribution in [0.25, 0.3) is 0 Å². The number of ether oxygens (including phenoxy) is 4. The molecule has 0 aromatic carbocycles. The van der Waals surface area contributed by atoms with E-state index in [4.69, 9.17) is 37.0 Å². The van der Waals surface area contributed by atoms with Crippen LogP contribution in [0.5, 0.6) is 0 Å². The molecule has 0 aliphatic carbocycles. The molecule has 5 unspecified atom stereocenters. The molecule has 3 N–H and O–H groups in total. The van der Waals surface area contributed by atoms with Gasteiger partial charge in [0, 0.05) is 25.7 Å². The van der Waals surface area contributed by atoms with Gasteiger partial charge in [-0.3, -0.25) is 37.3 Å². The molecule has 0 heterocycles. The number of unbranched alkanes of at least 4 members (excludes halogenated alkanes) is 30. The summed E-state index contributed by atoms with van der Waals surface area (Å²) in [5.74, 6) is -2.22. The lowest BCUT2D eigenvalue weighted by molar-refractivity contribution is -0.161. The van der Waals surface area contributed by atoms with Crippen molar-refractivity contribution in [2.24, 2.45) is 0 Å². The minimum absolute atomic E-state index is 0.0799. The van der Waals surface area contributed by atoms with Crippen LogP contribution in [0.4, 0.5) is 0 Å². The number of esters is 4. The molecule has 0 aliphatic heterocycles. The van der Waals surface area contributed by atoms with Crippen LogP contribution in [0.1, 0.15) is 336 Å². The highest BCUT2D eigenvalue weighted by Crippen LogP contribution is 2.45. The second kappa shape index (κ2) is 76.6. The quantitative estimate of drug-likeness (QED) is 0.0169. The molecular formula is C85H146O17P2. The van der Waals surface area contributed by atoms with Gasteiger partial charge < -0.3 is 33.8 Å². The number of carbonyl (C=O) groups is 4. The van der Waals surface area contributed by atoms with Crippen molar-refractivity contribution in [2.75, 3.05) is 39.6 Å². The highest BCUT2D eigenvalue weighted by Gasteiger charge is 2.30. The van der Waals surface area contributed by atoms with Crippen molar-refractivity contribution in [2.45, 2.75) is 354 Å². The third kappa shape index (κ3) is 75.7. The number of carbonyl (C=O) groups excluding carboxylic acids is 4. The van der Waals surface area contributed by atoms with E-state index in [-0.39, 0.29) is 25.7 Å². The molecule has 0 aromatic heterocycles. The fraction of sp³-hybridized carbons (Fsp3) is 0.718. The molecule has 104 heavy (non-hydrogen) atoms. The molecule has 5 atom stereocenters. The van der Waals surface area contributed by atoms with E-state index in [1.807, 2.05) is 0 Å². The van der Waals surface area contributed by atoms with E-state index < -0.39 is 97.5 Å². The van der Waals surface area contributed by atoms with Crippen molar-refractivity contribution < 1.29 is 80.2 Å². The van der Waals surface area contributed by atoms with Gasteiger partial charge in [-0.25, -0.2) is 9.13 Å². The van der Waals surface area contributed by atoms with Crippen LogP contribution in [0.15, 0.2) is 122 Å². The standard InChI is InChI=1S/C85H146O17P2/c1-5-9-13-17-21-25-29-33-35-37-39-41-43-47-49-53-57-61-65-69-82(87)95-75-80(101-84(89)71-67-63-59-55-51-45-31-27-23-19-15-11-7-3)77-99-103(91,92)97-73-79(86)74-98-104(93,94)100-78-81(102-85(90)72-68-64-60-56-52-46-32-28-24-20-16-12-8-4)76-96-83(88)70-66-62-58-54-50-48-44-42-40-38-36-34-30-26-22-18-14-10-6-2/h9-10,13-14,21-22,25-27,31,33-36,39-42,48,50,79-81,86H,5-8,11-12,15-20,23-24,28-30,32,37-38,43-47,49,51-78H2,1-4H3,(H,91,92)(H,93,94)/b13-9-,14-10-,25-21-,26-22-,31-27-,35-33-,36-34-,41-39-,42-40-,50-48-. The predicted molar refractivity (Wildman–Crippen MR) is 427 cm³/mol. The van der Waals surface area contributed by atoms with Gasteiger partial charge in [0.2, 0.25) is 0 Å². The fourth-order valence-corrected chi connectivity index (χ4v) is 12.3. The maximum Gasteiger partial charge on any atom is 0.472 e. The molecule has 0 amide bonds. The van der Waals surface area contributed by atoms with E-state index in [9.17, 15) is 43.2 Å². The summed E-state index contributed by atoms with van der Waals surface area (Å²) in [6.07, 6.45) is 84.6. The Morgan fingerprint density at radius 1 is 0.279 bits per heavy atom. The Kier molecular flexibility index (Phi) is 73.3. The maximum absolute atomic E-state index is 13.1. The zero-order chi connectivity index (χ0) is 76.0. The van der Waals surface area contributed by atoms with Gasteiger partial charge in [0.25, 0.3) is 0 Å². The van der Waals surface area contributed by atoms with E-state index >= 15 is 0 Å². The first-order valence-corrected chi connectivity index (χ1v) is 43.8. The molecule has 0 fully saturated rings. The first-order valence-electron chi connectivity index (χ1n) is 40.8. The molecule has 0 rings (SSSR count). The van der Waals surface area contributed by atoms with Crippen molar-refractivity contribution in [3.63, 3.8) is 0 Å². The Morgan fingerprint density at radius 3 is 0.798 bits per heavy atom. The SMILES string of the molecule is CC/C=C\C/C=C\C/C=C\C/C=C\C/C=C\CCCCCC(=O)OCC(COP(=O)(O)OCC(O)COP(=O)(O)OCC(COC(=O)CCCCCCCC/C=C\C/C=C\C/C=C\C/C=C\CC)OC(=O)CCCCCCC/C=C\CCCCCC)OC(=O)CCCCCCCCCCCCCCC. The molecule has 0 saturated carbocycles. The number of phosphoric ester groups is 2. The van der Waals surface area contributed by atoms with Crippen LogP contribution >= 0.6 is 15.6 Å². The Morgan fingerprint density at radius 2 is 0.500 bits per heavy atom. The molecule has 19 heteroatoms. The molecule has 17 nitrogen and oxygen atoms in total. The fourth-order valence-electron chi connectivity index (χ4n) is 10.8. The van der Waals surface area contributed by atoms with E-state index in [2.05, 4.69) is 149 Å². The zero-order valence-electron chi connectivity index (χ0n) is 65.4. The van der Waals surface area contributed by atoms with Crippen molar-refractivity contribution in [3.05, 3.63) is 122 Å². The van der Waals surface area contributed by atoms with E-state index in [0.29, 0.717) is 25.7 Å². The molecule has 0 spiro atoms. The topological polar surface area (TPSA) is 237 Å². The number of hydrogen-bond acceptors (Lipinski definition) is 15. The highest BCUT2D eigenvalue weighted by molar-refractivity contribution is 7.47. The van der Waals surface area contributed by atoms with Gasteiger partial charge in [0.05, 0.1) is 26.4 Å². The molecule has 0 aromatic rings. The molecule has 0 aliphatic rings. The molecular weight excluding hydrogens is 1350 g/mol. The minimum atomic E-state index is -4.99. The summed E-state index contributed by atoms with van der Waals surface area (Å²) in [5.41, 5.74) is 0. The van der Waals surface area contributed by atoms with Gasteiger partial charge in [-0.2, -0.15) is 0 Å². The van der Waals surface area contributed by atoms with Crippen molar-refractivity contribution in [1.29, 1.82) is 0 Å². The van der Waals surface area contributed by atoms with Crippen LogP contribution in [0.2, 0.25) is 0 Å². The number of phosphoric acid groups is 2. The molecule has 0 radical (unpaired) electrons. The van der Waals surface area contributed by atoms with Gasteiger partial charge in [0.15, 0.2) is 12.2 Å². The van der Waals surface area contributed by atoms with Gasteiger partial charge in [-0.1, -0.05) is 297 Å². The normalized spacial score (nSPS) is 14.5. The van der Waals surface area contributed by atoms with Crippen LogP contribution in [0, 0.1) is 0 Å². The summed E-state index contributed by atoms with van der Waals surface area (Å²) in [6.45, 7) is 4.60. The number of aliphatic hydroxyl groups is 1. The number of rotatable bonds is 76. The van der Waals surface area contributed by atoms with E-state index in [0.717, 1.165) is 180 Å². The van der Waals surface area contributed by atoms with Crippen LogP contribution in [-0.2, 0) is 65.4 Å². The average Bonchev–Trinajstić information content (AvgIpc) is 0.913. The van der Waals surface area contributed by atoms with Crippen LogP contribution in [-0.4, -0.2) is 96.7 Å². The number of aliphatic hydroxyl groups excluding tert-OH is 1. The highest BCUT2D eigenvalue weighted by atomic mass is 31.2. The van der Waals surface area contributed by atoms with Gasteiger partial charge in [-0.15, -0.1) is 0 Å². The largest absolute Gasteiger partial charge is 0.472 e. The van der Waals surface area contributed by atoms with E-state index in [1.165, 1.54) is 77.0 Å². The second-order valence-electron chi connectivity index (χ2n) is 27.0. The molecule has 598 valence electrons. The summed E-state index contributed by atoms with van der Waals surface area (Å²) < 4.78 is 68.6. The summed E-state index contributed by atoms with van der Waals surface area (Å²) in [4.78, 5) is 73.0. The van der Waals surface area contributed by atoms with E-state index in [1.54, 1.807) is 0 Å².